The molecule has 4 aromatic rings. The smallest absolute Gasteiger partial charge is 0.367 e. The van der Waals surface area contributed by atoms with Crippen molar-refractivity contribution in [3.63, 3.8) is 0 Å². The predicted molar refractivity (Wildman–Crippen MR) is 96.2 cm³/mol. The summed E-state index contributed by atoms with van der Waals surface area (Å²) in [4.78, 5) is 4.28. The van der Waals surface area contributed by atoms with Crippen molar-refractivity contribution in [3.8, 4) is 6.07 Å². The third kappa shape index (κ3) is 2.95. The van der Waals surface area contributed by atoms with Crippen LogP contribution in [0.4, 0.5) is 19.0 Å². The molecule has 4 rings (SSSR count). The van der Waals surface area contributed by atoms with Crippen LogP contribution in [0.2, 0.25) is 0 Å². The second kappa shape index (κ2) is 6.32. The molecule has 134 valence electrons. The lowest BCUT2D eigenvalue weighted by atomic mass is 10.1. The number of nitrogens with one attached hydrogen (secondary N) is 1. The Bertz CT molecular complexity index is 1170. The van der Waals surface area contributed by atoms with E-state index in [9.17, 15) is 18.4 Å². The molecule has 0 aliphatic rings. The number of anilines is 1. The van der Waals surface area contributed by atoms with Gasteiger partial charge in [-0.05, 0) is 23.8 Å². The first kappa shape index (κ1) is 16.9. The molecule has 4 nitrogen and oxygen atoms in total. The van der Waals surface area contributed by atoms with Crippen LogP contribution in [0.1, 0.15) is 16.7 Å². The molecule has 2 heterocycles. The average molecular weight is 366 g/mol. The Balaban J connectivity index is 1.96. The number of aromatic nitrogens is 2. The van der Waals surface area contributed by atoms with Crippen molar-refractivity contribution in [1.29, 1.82) is 5.26 Å². The van der Waals surface area contributed by atoms with E-state index in [1.54, 1.807) is 34.7 Å². The van der Waals surface area contributed by atoms with E-state index in [0.717, 1.165) is 11.6 Å². The van der Waals surface area contributed by atoms with Gasteiger partial charge in [-0.2, -0.15) is 18.4 Å². The van der Waals surface area contributed by atoms with Gasteiger partial charge in [-0.3, -0.25) is 4.40 Å². The van der Waals surface area contributed by atoms with Crippen molar-refractivity contribution in [3.05, 3.63) is 77.4 Å². The second-order valence-electron chi connectivity index (χ2n) is 6.03. The number of benzene rings is 2. The molecule has 7 heteroatoms. The van der Waals surface area contributed by atoms with E-state index in [0.29, 0.717) is 17.6 Å². The molecule has 0 saturated carbocycles. The van der Waals surface area contributed by atoms with Gasteiger partial charge < -0.3 is 5.32 Å². The van der Waals surface area contributed by atoms with E-state index in [1.165, 1.54) is 0 Å². The van der Waals surface area contributed by atoms with Gasteiger partial charge in [-0.15, -0.1) is 0 Å². The quantitative estimate of drug-likeness (QED) is 0.556. The lowest BCUT2D eigenvalue weighted by Crippen LogP contribution is -2.13. The number of hydrogen-bond donors (Lipinski definition) is 1. The minimum Gasteiger partial charge on any atom is -0.367 e. The summed E-state index contributed by atoms with van der Waals surface area (Å²) < 4.78 is 42.2. The van der Waals surface area contributed by atoms with Crippen molar-refractivity contribution < 1.29 is 13.2 Å². The van der Waals surface area contributed by atoms with Gasteiger partial charge in [0.2, 0.25) is 0 Å². The summed E-state index contributed by atoms with van der Waals surface area (Å²) in [6.45, 7) is 0.339. The molecule has 0 radical (unpaired) electrons. The Morgan fingerprint density at radius 1 is 1.04 bits per heavy atom. The third-order valence-corrected chi connectivity index (χ3v) is 4.31. The number of pyridine rings is 1. The van der Waals surface area contributed by atoms with Gasteiger partial charge in [0.15, 0.2) is 5.65 Å². The van der Waals surface area contributed by atoms with Crippen molar-refractivity contribution >= 4 is 22.5 Å². The molecule has 1 N–H and O–H groups in total. The fraction of sp³-hybridized carbons (Fsp3) is 0.100. The van der Waals surface area contributed by atoms with Gasteiger partial charge in [0.05, 0.1) is 16.6 Å². The second-order valence-corrected chi connectivity index (χ2v) is 6.03. The fourth-order valence-electron chi connectivity index (χ4n) is 3.08. The topological polar surface area (TPSA) is 53.1 Å². The van der Waals surface area contributed by atoms with E-state index < -0.39 is 17.3 Å². The van der Waals surface area contributed by atoms with E-state index >= 15 is 0 Å². The summed E-state index contributed by atoms with van der Waals surface area (Å²) in [7, 11) is 0. The van der Waals surface area contributed by atoms with E-state index in [2.05, 4.69) is 10.3 Å². The first-order valence-electron chi connectivity index (χ1n) is 8.18. The maximum atomic E-state index is 13.5. The van der Waals surface area contributed by atoms with Gasteiger partial charge in [0, 0.05) is 6.54 Å². The van der Waals surface area contributed by atoms with Crippen LogP contribution in [-0.4, -0.2) is 9.38 Å². The SMILES string of the molecule is N#Cc1c(C(F)(F)F)cc(NCc2ccccc2)n2c1nc1ccccc12. The summed E-state index contributed by atoms with van der Waals surface area (Å²) in [5.74, 6) is 0.230. The Morgan fingerprint density at radius 2 is 1.74 bits per heavy atom. The lowest BCUT2D eigenvalue weighted by Gasteiger charge is -2.15. The molecule has 0 fully saturated rings. The standard InChI is InChI=1S/C20H13F3N4/c21-20(22,23)15-10-18(25-12-13-6-2-1-3-7-13)27-17-9-5-4-8-16(17)26-19(27)14(15)11-24/h1-10,25H,12H2. The average Bonchev–Trinajstić information content (AvgIpc) is 3.05. The summed E-state index contributed by atoms with van der Waals surface area (Å²) >= 11 is 0. The van der Waals surface area contributed by atoms with Crippen LogP contribution in [-0.2, 0) is 12.7 Å². The van der Waals surface area contributed by atoms with Crippen molar-refractivity contribution in [2.45, 2.75) is 12.7 Å². The summed E-state index contributed by atoms with van der Waals surface area (Å²) in [6.07, 6.45) is -4.66. The predicted octanol–water partition coefficient (Wildman–Crippen LogP) is 4.99. The normalized spacial score (nSPS) is 11.6. The van der Waals surface area contributed by atoms with Crippen LogP contribution in [0.25, 0.3) is 16.7 Å². The number of fused-ring (bicyclic) bond motifs is 3. The van der Waals surface area contributed by atoms with Gasteiger partial charge in [-0.25, -0.2) is 4.98 Å². The monoisotopic (exact) mass is 366 g/mol. The number of alkyl halides is 3. The molecule has 0 aliphatic heterocycles. The maximum Gasteiger partial charge on any atom is 0.417 e. The fourth-order valence-corrected chi connectivity index (χ4v) is 3.08. The highest BCUT2D eigenvalue weighted by Gasteiger charge is 2.36. The summed E-state index contributed by atoms with van der Waals surface area (Å²) in [6, 6.07) is 19.0. The number of nitriles is 1. The van der Waals surface area contributed by atoms with Crippen LogP contribution in [0.15, 0.2) is 60.7 Å². The Hall–Kier alpha value is -3.53. The molecule has 27 heavy (non-hydrogen) atoms. The van der Waals surface area contributed by atoms with Crippen molar-refractivity contribution in [2.75, 3.05) is 5.32 Å². The van der Waals surface area contributed by atoms with Crippen LogP contribution in [0.5, 0.6) is 0 Å². The molecule has 0 aliphatic carbocycles. The highest BCUT2D eigenvalue weighted by Crippen LogP contribution is 2.37. The maximum absolute atomic E-state index is 13.5. The Labute approximate surface area is 152 Å². The van der Waals surface area contributed by atoms with Crippen LogP contribution in [0, 0.1) is 11.3 Å². The molecule has 0 amide bonds. The first-order chi connectivity index (χ1) is 13.0. The number of imidazole rings is 1. The molecular weight excluding hydrogens is 353 g/mol. The van der Waals surface area contributed by atoms with E-state index in [1.807, 2.05) is 30.3 Å². The van der Waals surface area contributed by atoms with Gasteiger partial charge >= 0.3 is 6.18 Å². The Morgan fingerprint density at radius 3 is 2.44 bits per heavy atom. The number of hydrogen-bond acceptors (Lipinski definition) is 3. The van der Waals surface area contributed by atoms with Crippen molar-refractivity contribution in [2.24, 2.45) is 0 Å². The van der Waals surface area contributed by atoms with Gasteiger partial charge in [0.25, 0.3) is 0 Å². The molecule has 0 saturated heterocycles. The number of rotatable bonds is 3. The molecule has 0 spiro atoms. The molecule has 0 bridgehead atoms. The van der Waals surface area contributed by atoms with E-state index in [-0.39, 0.29) is 11.5 Å². The van der Waals surface area contributed by atoms with Gasteiger partial charge in [-0.1, -0.05) is 42.5 Å². The number of halogens is 3. The van der Waals surface area contributed by atoms with Crippen LogP contribution >= 0.6 is 0 Å². The minimum atomic E-state index is -4.66. The first-order valence-corrected chi connectivity index (χ1v) is 8.18. The largest absolute Gasteiger partial charge is 0.417 e. The lowest BCUT2D eigenvalue weighted by molar-refractivity contribution is -0.137. The highest BCUT2D eigenvalue weighted by molar-refractivity contribution is 5.85. The van der Waals surface area contributed by atoms with Crippen molar-refractivity contribution in [1.82, 2.24) is 9.38 Å². The zero-order chi connectivity index (χ0) is 19.0. The van der Waals surface area contributed by atoms with Gasteiger partial charge in [0.1, 0.15) is 17.5 Å². The molecule has 2 aromatic heterocycles. The zero-order valence-electron chi connectivity index (χ0n) is 14.0. The molecule has 0 atom stereocenters. The highest BCUT2D eigenvalue weighted by atomic mass is 19.4. The van der Waals surface area contributed by atoms with E-state index in [4.69, 9.17) is 0 Å². The molecule has 2 aromatic carbocycles. The summed E-state index contributed by atoms with van der Waals surface area (Å²) in [5, 5.41) is 12.4. The van der Waals surface area contributed by atoms with Crippen LogP contribution in [0.3, 0.4) is 0 Å². The summed E-state index contributed by atoms with van der Waals surface area (Å²) in [5.41, 5.74) is 0.591. The molecular formula is C20H13F3N4. The Kier molecular flexibility index (Phi) is 3.96. The zero-order valence-corrected chi connectivity index (χ0v) is 14.0. The number of para-hydroxylation sites is 2. The number of nitrogens with zero attached hydrogens (tertiary/aromatic N) is 3. The minimum absolute atomic E-state index is 0.0101. The van der Waals surface area contributed by atoms with Crippen LogP contribution < -0.4 is 5.32 Å². The third-order valence-electron chi connectivity index (χ3n) is 4.31. The molecule has 0 unspecified atom stereocenters.